The molecule has 1 heterocycles. The molecule has 0 aliphatic carbocycles. The van der Waals surface area contributed by atoms with Crippen LogP contribution in [0.4, 0.5) is 0 Å². The summed E-state index contributed by atoms with van der Waals surface area (Å²) < 4.78 is 5.43. The van der Waals surface area contributed by atoms with E-state index < -0.39 is 0 Å². The van der Waals surface area contributed by atoms with Crippen LogP contribution in [0.5, 0.6) is 0 Å². The van der Waals surface area contributed by atoms with Crippen molar-refractivity contribution < 1.29 is 4.74 Å². The third kappa shape index (κ3) is 5.61. The van der Waals surface area contributed by atoms with Crippen molar-refractivity contribution in [1.29, 1.82) is 0 Å². The molecule has 1 aliphatic rings. The fraction of sp³-hybridized carbons (Fsp3) is 1.00. The van der Waals surface area contributed by atoms with Crippen LogP contribution in [0.3, 0.4) is 0 Å². The Balaban J connectivity index is 1.93. The second-order valence-electron chi connectivity index (χ2n) is 4.25. The average Bonchev–Trinajstić information content (AvgIpc) is 2.46. The minimum Gasteiger partial charge on any atom is -0.381 e. The molecular weight excluding hydrogens is 174 g/mol. The van der Waals surface area contributed by atoms with E-state index in [2.05, 4.69) is 12.2 Å². The summed E-state index contributed by atoms with van der Waals surface area (Å²) in [5.74, 6) is 0. The highest BCUT2D eigenvalue weighted by Gasteiger charge is 2.10. The molecule has 1 rings (SSSR count). The van der Waals surface area contributed by atoms with E-state index in [0.717, 1.165) is 19.3 Å². The first-order valence-corrected chi connectivity index (χ1v) is 6.24. The summed E-state index contributed by atoms with van der Waals surface area (Å²) in [5, 5.41) is 3.64. The molecule has 1 aliphatic heterocycles. The molecule has 2 nitrogen and oxygen atoms in total. The van der Waals surface area contributed by atoms with Gasteiger partial charge in [0, 0.05) is 19.3 Å². The van der Waals surface area contributed by atoms with Crippen molar-refractivity contribution in [3.63, 3.8) is 0 Å². The second kappa shape index (κ2) is 8.25. The zero-order valence-corrected chi connectivity index (χ0v) is 9.56. The van der Waals surface area contributed by atoms with Crippen LogP contribution in [0.1, 0.15) is 51.9 Å². The lowest BCUT2D eigenvalue weighted by atomic mass is 10.1. The zero-order valence-electron chi connectivity index (χ0n) is 9.56. The van der Waals surface area contributed by atoms with Gasteiger partial charge in [-0.2, -0.15) is 0 Å². The summed E-state index contributed by atoms with van der Waals surface area (Å²) in [4.78, 5) is 0. The SMILES string of the molecule is CCCCCCNC1CCCOCC1. The zero-order chi connectivity index (χ0) is 10.1. The van der Waals surface area contributed by atoms with E-state index in [9.17, 15) is 0 Å². The highest BCUT2D eigenvalue weighted by atomic mass is 16.5. The van der Waals surface area contributed by atoms with Crippen molar-refractivity contribution in [3.05, 3.63) is 0 Å². The Morgan fingerprint density at radius 1 is 1.14 bits per heavy atom. The largest absolute Gasteiger partial charge is 0.381 e. The van der Waals surface area contributed by atoms with Crippen molar-refractivity contribution in [2.75, 3.05) is 19.8 Å². The lowest BCUT2D eigenvalue weighted by Gasteiger charge is -2.15. The fourth-order valence-corrected chi connectivity index (χ4v) is 1.97. The van der Waals surface area contributed by atoms with Crippen LogP contribution >= 0.6 is 0 Å². The van der Waals surface area contributed by atoms with E-state index >= 15 is 0 Å². The molecule has 1 fully saturated rings. The number of hydrogen-bond acceptors (Lipinski definition) is 2. The molecule has 0 radical (unpaired) electrons. The van der Waals surface area contributed by atoms with Gasteiger partial charge in [-0.3, -0.25) is 0 Å². The van der Waals surface area contributed by atoms with E-state index in [0.29, 0.717) is 0 Å². The lowest BCUT2D eigenvalue weighted by Crippen LogP contribution is -2.30. The van der Waals surface area contributed by atoms with Gasteiger partial charge in [0.25, 0.3) is 0 Å². The number of nitrogens with one attached hydrogen (secondary N) is 1. The van der Waals surface area contributed by atoms with Gasteiger partial charge in [0.15, 0.2) is 0 Å². The minimum atomic E-state index is 0.721. The first-order valence-electron chi connectivity index (χ1n) is 6.24. The molecule has 2 heteroatoms. The Labute approximate surface area is 88.4 Å². The molecule has 1 saturated heterocycles. The van der Waals surface area contributed by atoms with E-state index in [-0.39, 0.29) is 0 Å². The summed E-state index contributed by atoms with van der Waals surface area (Å²) in [6.07, 6.45) is 9.17. The first kappa shape index (κ1) is 12.0. The summed E-state index contributed by atoms with van der Waals surface area (Å²) >= 11 is 0. The molecule has 84 valence electrons. The number of unbranched alkanes of at least 4 members (excludes halogenated alkanes) is 3. The van der Waals surface area contributed by atoms with Gasteiger partial charge in [-0.1, -0.05) is 26.2 Å². The Bertz CT molecular complexity index is 119. The first-order chi connectivity index (χ1) is 6.93. The molecule has 14 heavy (non-hydrogen) atoms. The van der Waals surface area contributed by atoms with Gasteiger partial charge in [0.1, 0.15) is 0 Å². The molecule has 0 aromatic rings. The molecule has 0 aromatic heterocycles. The van der Waals surface area contributed by atoms with Gasteiger partial charge in [0.05, 0.1) is 0 Å². The Kier molecular flexibility index (Phi) is 7.06. The van der Waals surface area contributed by atoms with Crippen LogP contribution in [-0.2, 0) is 4.74 Å². The second-order valence-corrected chi connectivity index (χ2v) is 4.25. The number of ether oxygens (including phenoxy) is 1. The predicted molar refractivity (Wildman–Crippen MR) is 60.6 cm³/mol. The van der Waals surface area contributed by atoms with E-state index in [1.165, 1.54) is 51.5 Å². The molecule has 0 amide bonds. The average molecular weight is 199 g/mol. The molecule has 1 N–H and O–H groups in total. The summed E-state index contributed by atoms with van der Waals surface area (Å²) in [6.45, 7) is 5.38. The molecule has 0 spiro atoms. The van der Waals surface area contributed by atoms with E-state index in [1.807, 2.05) is 0 Å². The van der Waals surface area contributed by atoms with Crippen molar-refractivity contribution in [2.45, 2.75) is 57.9 Å². The Morgan fingerprint density at radius 2 is 2.07 bits per heavy atom. The third-order valence-corrected chi connectivity index (χ3v) is 2.92. The van der Waals surface area contributed by atoms with E-state index in [1.54, 1.807) is 0 Å². The molecule has 0 aromatic carbocycles. The maximum Gasteiger partial charge on any atom is 0.0480 e. The number of rotatable bonds is 6. The van der Waals surface area contributed by atoms with Gasteiger partial charge >= 0.3 is 0 Å². The Morgan fingerprint density at radius 3 is 2.93 bits per heavy atom. The molecule has 0 bridgehead atoms. The normalized spacial score (nSPS) is 23.4. The summed E-state index contributed by atoms with van der Waals surface area (Å²) in [7, 11) is 0. The van der Waals surface area contributed by atoms with E-state index in [4.69, 9.17) is 4.74 Å². The van der Waals surface area contributed by atoms with Crippen molar-refractivity contribution in [3.8, 4) is 0 Å². The Hall–Kier alpha value is -0.0800. The van der Waals surface area contributed by atoms with Crippen LogP contribution in [0, 0.1) is 0 Å². The molecular formula is C12H25NO. The van der Waals surface area contributed by atoms with Crippen molar-refractivity contribution >= 4 is 0 Å². The standard InChI is InChI=1S/C12H25NO/c1-2-3-4-5-9-13-12-7-6-10-14-11-8-12/h12-13H,2-11H2,1H3. The minimum absolute atomic E-state index is 0.721. The summed E-state index contributed by atoms with van der Waals surface area (Å²) in [6, 6.07) is 0.721. The molecule has 1 atom stereocenters. The maximum atomic E-state index is 5.43. The lowest BCUT2D eigenvalue weighted by molar-refractivity contribution is 0.142. The fourth-order valence-electron chi connectivity index (χ4n) is 1.97. The van der Waals surface area contributed by atoms with Crippen LogP contribution < -0.4 is 5.32 Å². The smallest absolute Gasteiger partial charge is 0.0480 e. The van der Waals surface area contributed by atoms with Gasteiger partial charge in [-0.05, 0) is 32.2 Å². The van der Waals surface area contributed by atoms with Crippen molar-refractivity contribution in [2.24, 2.45) is 0 Å². The molecule has 1 unspecified atom stereocenters. The van der Waals surface area contributed by atoms with Crippen LogP contribution in [0.25, 0.3) is 0 Å². The highest BCUT2D eigenvalue weighted by Crippen LogP contribution is 2.08. The van der Waals surface area contributed by atoms with Crippen molar-refractivity contribution in [1.82, 2.24) is 5.32 Å². The van der Waals surface area contributed by atoms with Crippen LogP contribution in [0.2, 0.25) is 0 Å². The number of hydrogen-bond donors (Lipinski definition) is 1. The topological polar surface area (TPSA) is 21.3 Å². The third-order valence-electron chi connectivity index (χ3n) is 2.92. The summed E-state index contributed by atoms with van der Waals surface area (Å²) in [5.41, 5.74) is 0. The van der Waals surface area contributed by atoms with Gasteiger partial charge in [-0.25, -0.2) is 0 Å². The van der Waals surface area contributed by atoms with Gasteiger partial charge in [-0.15, -0.1) is 0 Å². The van der Waals surface area contributed by atoms with Crippen LogP contribution in [-0.4, -0.2) is 25.8 Å². The predicted octanol–water partition coefficient (Wildman–Crippen LogP) is 2.73. The maximum absolute atomic E-state index is 5.43. The molecule has 0 saturated carbocycles. The highest BCUT2D eigenvalue weighted by molar-refractivity contribution is 4.68. The van der Waals surface area contributed by atoms with Gasteiger partial charge < -0.3 is 10.1 Å². The monoisotopic (exact) mass is 199 g/mol. The van der Waals surface area contributed by atoms with Crippen LogP contribution in [0.15, 0.2) is 0 Å². The van der Waals surface area contributed by atoms with Gasteiger partial charge in [0.2, 0.25) is 0 Å². The quantitative estimate of drug-likeness (QED) is 0.664.